The summed E-state index contributed by atoms with van der Waals surface area (Å²) in [5.74, 6) is 2.10. The Kier molecular flexibility index (Phi) is 7.08. The Bertz CT molecular complexity index is 2290. The molecule has 0 aromatic heterocycles. The van der Waals surface area contributed by atoms with Crippen LogP contribution in [0.15, 0.2) is 66.4 Å². The van der Waals surface area contributed by atoms with Gasteiger partial charge in [0, 0.05) is 29.5 Å². The highest BCUT2D eigenvalue weighted by molar-refractivity contribution is 6.52. The number of anilines is 3. The summed E-state index contributed by atoms with van der Waals surface area (Å²) in [6.07, 6.45) is 8.75. The van der Waals surface area contributed by atoms with E-state index in [2.05, 4.69) is 123 Å². The lowest BCUT2D eigenvalue weighted by molar-refractivity contribution is -0.589. The molecule has 264 valence electrons. The van der Waals surface area contributed by atoms with Gasteiger partial charge in [-0.2, -0.15) is 0 Å². The highest BCUT2D eigenvalue weighted by Crippen LogP contribution is 2.51. The van der Waals surface area contributed by atoms with E-state index in [1.165, 1.54) is 0 Å². The molecule has 0 atom stereocenters. The molecule has 0 amide bonds. The van der Waals surface area contributed by atoms with Crippen molar-refractivity contribution in [1.29, 1.82) is 0 Å². The lowest BCUT2D eigenvalue weighted by atomic mass is 9.69. The number of methoxy groups -OCH3 is 1. The van der Waals surface area contributed by atoms with E-state index >= 15 is 0 Å². The van der Waals surface area contributed by atoms with E-state index in [9.17, 15) is 4.79 Å². The van der Waals surface area contributed by atoms with Crippen molar-refractivity contribution < 1.29 is 14.5 Å². The molecule has 0 radical (unpaired) electrons. The molecule has 2 aliphatic heterocycles. The molecule has 2 heterocycles. The fourth-order valence-corrected chi connectivity index (χ4v) is 10.2. The van der Waals surface area contributed by atoms with Gasteiger partial charge in [0.2, 0.25) is 16.8 Å². The van der Waals surface area contributed by atoms with Crippen molar-refractivity contribution in [3.05, 3.63) is 82.6 Å². The van der Waals surface area contributed by atoms with Crippen LogP contribution in [0.4, 0.5) is 17.1 Å². The Morgan fingerprint density at radius 3 is 1.90 bits per heavy atom. The van der Waals surface area contributed by atoms with Gasteiger partial charge in [0.05, 0.1) is 40.2 Å². The number of rotatable bonds is 2. The lowest BCUT2D eigenvalue weighted by Gasteiger charge is -2.48. The van der Waals surface area contributed by atoms with Gasteiger partial charge in [-0.15, -0.1) is 0 Å². The Hall–Kier alpha value is -4.32. The van der Waals surface area contributed by atoms with E-state index in [0.717, 1.165) is 106 Å². The highest BCUT2D eigenvalue weighted by atomic mass is 16.5. The van der Waals surface area contributed by atoms with Crippen LogP contribution in [0.2, 0.25) is 0 Å². The average molecular weight is 682 g/mol. The predicted molar refractivity (Wildman–Crippen MR) is 209 cm³/mol. The number of nitrogens with one attached hydrogen (secondary N) is 4. The number of ether oxygens (including phenoxy) is 1. The summed E-state index contributed by atoms with van der Waals surface area (Å²) < 4.78 is 6.22. The third-order valence-corrected chi connectivity index (χ3v) is 13.3. The van der Waals surface area contributed by atoms with Crippen LogP contribution in [0.3, 0.4) is 0 Å². The number of hydrogen-bond acceptors (Lipinski definition) is 5. The van der Waals surface area contributed by atoms with Gasteiger partial charge < -0.3 is 20.7 Å². The van der Waals surface area contributed by atoms with Crippen LogP contribution in [-0.2, 0) is 9.53 Å². The van der Waals surface area contributed by atoms with Gasteiger partial charge in [-0.3, -0.25) is 4.79 Å². The van der Waals surface area contributed by atoms with Crippen molar-refractivity contribution in [2.75, 3.05) is 23.1 Å². The van der Waals surface area contributed by atoms with Gasteiger partial charge >= 0.3 is 0 Å². The zero-order chi connectivity index (χ0) is 35.5. The van der Waals surface area contributed by atoms with Crippen molar-refractivity contribution in [3.63, 3.8) is 0 Å². The molecule has 6 heteroatoms. The zero-order valence-corrected chi connectivity index (χ0v) is 31.4. The first-order valence-corrected chi connectivity index (χ1v) is 19.3. The number of hydrogen-bond donors (Lipinski definition) is 4. The predicted octanol–water partition coefficient (Wildman–Crippen LogP) is 7.61. The molecule has 2 fully saturated rings. The van der Waals surface area contributed by atoms with Gasteiger partial charge in [-0.05, 0) is 90.2 Å². The smallest absolute Gasteiger partial charge is 0.234 e. The van der Waals surface area contributed by atoms with Crippen molar-refractivity contribution in [1.82, 2.24) is 0 Å². The average Bonchev–Trinajstić information content (AvgIpc) is 3.08. The molecule has 4 aromatic carbocycles. The summed E-state index contributed by atoms with van der Waals surface area (Å²) in [6.45, 7) is 14.2. The molecule has 5 aliphatic rings. The van der Waals surface area contributed by atoms with Gasteiger partial charge in [-0.1, -0.05) is 84.0 Å². The van der Waals surface area contributed by atoms with Crippen LogP contribution in [0.5, 0.6) is 0 Å². The van der Waals surface area contributed by atoms with Crippen LogP contribution < -0.4 is 31.5 Å². The Morgan fingerprint density at radius 1 is 0.686 bits per heavy atom. The number of carbonyl (C=O) groups excluding carboxylic acids is 1. The number of carbonyl (C=O) groups is 1. The van der Waals surface area contributed by atoms with E-state index < -0.39 is 0 Å². The summed E-state index contributed by atoms with van der Waals surface area (Å²) in [7, 11) is 1.71. The topological polar surface area (TPSA) is 76.4 Å². The normalized spacial score (nSPS) is 28.3. The number of benzene rings is 4. The molecule has 2 spiro atoms. The van der Waals surface area contributed by atoms with Crippen LogP contribution in [0.25, 0.3) is 32.7 Å². The molecule has 51 heavy (non-hydrogen) atoms. The fraction of sp³-hybridized carbons (Fsp3) is 0.467. The quantitative estimate of drug-likeness (QED) is 0.175. The molecular weight excluding hydrogens is 629 g/mol. The van der Waals surface area contributed by atoms with E-state index in [1.54, 1.807) is 7.11 Å². The third kappa shape index (κ3) is 5.03. The van der Waals surface area contributed by atoms with Crippen LogP contribution in [0.1, 0.15) is 98.5 Å². The Morgan fingerprint density at radius 2 is 1.27 bits per heavy atom. The standard InChI is InChI=1S/C45H52N4O2/c1-42(2,3)28-18-22-44(23-19-28)46-32-12-8-10-26-14-16-30(38(48-44)34(26)32)36-40(50)37(41(36)51-7)31-17-15-27-11-9-13-33-35(27)39(31)49-45(47-33)24-20-29(21-25-45)43(4,5)6/h8-17,28-29,46-48H,18-25H2,1-7H3/p+1/b37-31-. The summed E-state index contributed by atoms with van der Waals surface area (Å²) >= 11 is 0. The summed E-state index contributed by atoms with van der Waals surface area (Å²) in [6, 6.07) is 21.6. The summed E-state index contributed by atoms with van der Waals surface area (Å²) in [5.41, 5.74) is 5.69. The van der Waals surface area contributed by atoms with Gasteiger partial charge in [0.1, 0.15) is 11.4 Å². The number of Topliss-reactive ketones (excluding diaryl/α,β-unsaturated/α-hetero) is 1. The molecule has 6 nitrogen and oxygen atoms in total. The molecule has 4 N–H and O–H groups in total. The van der Waals surface area contributed by atoms with Gasteiger partial charge in [0.15, 0.2) is 0 Å². The molecule has 0 unspecified atom stereocenters. The van der Waals surface area contributed by atoms with Gasteiger partial charge in [0.25, 0.3) is 0 Å². The minimum Gasteiger partial charge on any atom is -0.495 e. The van der Waals surface area contributed by atoms with Crippen LogP contribution in [0, 0.1) is 22.7 Å². The minimum atomic E-state index is -0.248. The SMILES string of the molecule is COC1=C(c2ccc3cccc4c3c2NC2(CCC(C(C)(C)C)CC2)N4)C(=O)/C1=c1\ccc2cccc3c2c1=[NH+]C1(CCC(C(C)(C)C)CC1)N3. The first-order chi connectivity index (χ1) is 24.3. The molecule has 9 rings (SSSR count). The zero-order valence-electron chi connectivity index (χ0n) is 31.4. The van der Waals surface area contributed by atoms with Crippen molar-refractivity contribution in [3.8, 4) is 0 Å². The number of allylic oxidation sites excluding steroid dienone is 2. The van der Waals surface area contributed by atoms with E-state index in [4.69, 9.17) is 4.74 Å². The fourth-order valence-electron chi connectivity index (χ4n) is 10.2. The van der Waals surface area contributed by atoms with Gasteiger partial charge in [-0.25, -0.2) is 4.99 Å². The second-order valence-electron chi connectivity index (χ2n) is 18.3. The molecule has 2 saturated carbocycles. The van der Waals surface area contributed by atoms with E-state index in [1.807, 2.05) is 0 Å². The molecule has 3 aliphatic carbocycles. The van der Waals surface area contributed by atoms with E-state index in [-0.39, 0.29) is 17.1 Å². The molecule has 0 saturated heterocycles. The Balaban J connectivity index is 1.19. The maximum Gasteiger partial charge on any atom is 0.234 e. The monoisotopic (exact) mass is 681 g/mol. The molecular formula is C45H53N4O2+. The summed E-state index contributed by atoms with van der Waals surface area (Å²) in [5, 5.41) is 18.5. The summed E-state index contributed by atoms with van der Waals surface area (Å²) in [4.78, 5) is 18.7. The van der Waals surface area contributed by atoms with Crippen LogP contribution in [-0.4, -0.2) is 24.2 Å². The largest absolute Gasteiger partial charge is 0.495 e. The van der Waals surface area contributed by atoms with Crippen molar-refractivity contribution in [2.24, 2.45) is 22.7 Å². The maximum atomic E-state index is 14.7. The number of ketones is 1. The minimum absolute atomic E-state index is 0.0460. The molecule has 4 aromatic rings. The Labute approximate surface area is 301 Å². The maximum absolute atomic E-state index is 14.7. The third-order valence-electron chi connectivity index (χ3n) is 13.3. The van der Waals surface area contributed by atoms with Crippen molar-refractivity contribution in [2.45, 2.75) is 104 Å². The van der Waals surface area contributed by atoms with E-state index in [0.29, 0.717) is 39.6 Å². The second kappa shape index (κ2) is 11.1. The molecule has 0 bridgehead atoms. The lowest BCUT2D eigenvalue weighted by Crippen LogP contribution is -2.96. The second-order valence-corrected chi connectivity index (χ2v) is 18.3. The first-order valence-electron chi connectivity index (χ1n) is 19.3. The van der Waals surface area contributed by atoms with Crippen LogP contribution >= 0.6 is 0 Å². The highest BCUT2D eigenvalue weighted by Gasteiger charge is 2.47. The first kappa shape index (κ1) is 32.6. The van der Waals surface area contributed by atoms with Crippen molar-refractivity contribution >= 4 is 55.5 Å².